The molecule has 0 amide bonds. The Morgan fingerprint density at radius 2 is 2.29 bits per heavy atom. The Balaban J connectivity index is 1.95. The lowest BCUT2D eigenvalue weighted by molar-refractivity contribution is 0.783. The van der Waals surface area contributed by atoms with Gasteiger partial charge < -0.3 is 5.32 Å². The van der Waals surface area contributed by atoms with Crippen molar-refractivity contribution < 1.29 is 0 Å². The highest BCUT2D eigenvalue weighted by Crippen LogP contribution is 2.37. The summed E-state index contributed by atoms with van der Waals surface area (Å²) in [6, 6.07) is 1.77. The maximum Gasteiger partial charge on any atom is 0.134 e. The SMILES string of the molecule is Cc1nc(Cl)cc(NCC2CC2C)n1. The average molecular weight is 212 g/mol. The molecule has 1 saturated carbocycles. The molecule has 0 bridgehead atoms. The molecule has 1 aliphatic carbocycles. The molecule has 1 aromatic rings. The number of anilines is 1. The van der Waals surface area contributed by atoms with E-state index in [0.29, 0.717) is 11.0 Å². The number of aryl methyl sites for hydroxylation is 1. The number of nitrogens with zero attached hydrogens (tertiary/aromatic N) is 2. The van der Waals surface area contributed by atoms with Crippen molar-refractivity contribution in [3.63, 3.8) is 0 Å². The molecule has 76 valence electrons. The summed E-state index contributed by atoms with van der Waals surface area (Å²) in [5.74, 6) is 3.22. The van der Waals surface area contributed by atoms with Gasteiger partial charge in [0.2, 0.25) is 0 Å². The molecule has 1 aromatic heterocycles. The molecule has 1 fully saturated rings. The summed E-state index contributed by atoms with van der Waals surface area (Å²) in [4.78, 5) is 8.26. The molecule has 2 atom stereocenters. The van der Waals surface area contributed by atoms with Crippen molar-refractivity contribution in [3.05, 3.63) is 17.0 Å². The summed E-state index contributed by atoms with van der Waals surface area (Å²) >= 11 is 5.82. The Kier molecular flexibility index (Phi) is 2.59. The van der Waals surface area contributed by atoms with E-state index in [0.717, 1.165) is 24.2 Å². The van der Waals surface area contributed by atoms with Crippen molar-refractivity contribution in [3.8, 4) is 0 Å². The molecule has 0 aromatic carbocycles. The number of hydrogen-bond donors (Lipinski definition) is 1. The number of nitrogens with one attached hydrogen (secondary N) is 1. The topological polar surface area (TPSA) is 37.8 Å². The smallest absolute Gasteiger partial charge is 0.134 e. The monoisotopic (exact) mass is 211 g/mol. The zero-order chi connectivity index (χ0) is 10.1. The van der Waals surface area contributed by atoms with E-state index in [1.807, 2.05) is 6.92 Å². The van der Waals surface area contributed by atoms with Gasteiger partial charge in [0, 0.05) is 12.6 Å². The van der Waals surface area contributed by atoms with Crippen LogP contribution < -0.4 is 5.32 Å². The molecule has 0 spiro atoms. The van der Waals surface area contributed by atoms with Crippen LogP contribution in [0.4, 0.5) is 5.82 Å². The molecule has 2 unspecified atom stereocenters. The van der Waals surface area contributed by atoms with Crippen LogP contribution in [-0.2, 0) is 0 Å². The third-order valence-electron chi connectivity index (χ3n) is 2.63. The van der Waals surface area contributed by atoms with Crippen LogP contribution in [0.25, 0.3) is 0 Å². The van der Waals surface area contributed by atoms with Crippen molar-refractivity contribution in [1.82, 2.24) is 9.97 Å². The summed E-state index contributed by atoms with van der Waals surface area (Å²) < 4.78 is 0. The maximum absolute atomic E-state index is 5.82. The van der Waals surface area contributed by atoms with E-state index in [1.165, 1.54) is 6.42 Å². The lowest BCUT2D eigenvalue weighted by Gasteiger charge is -2.05. The molecule has 1 aliphatic rings. The predicted molar refractivity (Wildman–Crippen MR) is 57.5 cm³/mol. The third-order valence-corrected chi connectivity index (χ3v) is 2.82. The highest BCUT2D eigenvalue weighted by Gasteiger charge is 2.31. The first kappa shape index (κ1) is 9.71. The van der Waals surface area contributed by atoms with Crippen LogP contribution in [0.2, 0.25) is 5.15 Å². The van der Waals surface area contributed by atoms with Gasteiger partial charge in [-0.1, -0.05) is 18.5 Å². The predicted octanol–water partition coefficient (Wildman–Crippen LogP) is 2.51. The van der Waals surface area contributed by atoms with Gasteiger partial charge in [0.15, 0.2) is 0 Å². The second-order valence-corrected chi connectivity index (χ2v) is 4.36. The van der Waals surface area contributed by atoms with Crippen molar-refractivity contribution in [1.29, 1.82) is 0 Å². The Labute approximate surface area is 88.9 Å². The van der Waals surface area contributed by atoms with Crippen LogP contribution in [0, 0.1) is 18.8 Å². The van der Waals surface area contributed by atoms with Gasteiger partial charge in [0.25, 0.3) is 0 Å². The molecule has 0 aliphatic heterocycles. The molecule has 1 N–H and O–H groups in total. The average Bonchev–Trinajstić information content (AvgIpc) is 2.77. The van der Waals surface area contributed by atoms with Gasteiger partial charge >= 0.3 is 0 Å². The van der Waals surface area contributed by atoms with Crippen LogP contribution in [0.3, 0.4) is 0 Å². The third kappa shape index (κ3) is 2.35. The fraction of sp³-hybridized carbons (Fsp3) is 0.600. The first-order valence-electron chi connectivity index (χ1n) is 4.90. The second kappa shape index (κ2) is 3.73. The Morgan fingerprint density at radius 1 is 1.57 bits per heavy atom. The maximum atomic E-state index is 5.82. The van der Waals surface area contributed by atoms with E-state index in [2.05, 4.69) is 22.2 Å². The fourth-order valence-electron chi connectivity index (χ4n) is 1.54. The van der Waals surface area contributed by atoms with Gasteiger partial charge in [0.1, 0.15) is 16.8 Å². The fourth-order valence-corrected chi connectivity index (χ4v) is 1.77. The van der Waals surface area contributed by atoms with Crippen LogP contribution in [0.1, 0.15) is 19.2 Å². The first-order valence-corrected chi connectivity index (χ1v) is 5.28. The Morgan fingerprint density at radius 3 is 2.86 bits per heavy atom. The first-order chi connectivity index (χ1) is 6.65. The number of aromatic nitrogens is 2. The van der Waals surface area contributed by atoms with E-state index in [-0.39, 0.29) is 0 Å². The second-order valence-electron chi connectivity index (χ2n) is 3.98. The lowest BCUT2D eigenvalue weighted by atomic mass is 10.3. The summed E-state index contributed by atoms with van der Waals surface area (Å²) in [7, 11) is 0. The van der Waals surface area contributed by atoms with Crippen molar-refractivity contribution >= 4 is 17.4 Å². The van der Waals surface area contributed by atoms with Crippen molar-refractivity contribution in [2.24, 2.45) is 11.8 Å². The Bertz CT molecular complexity index is 320. The molecular weight excluding hydrogens is 198 g/mol. The minimum atomic E-state index is 0.504. The van der Waals surface area contributed by atoms with Crippen LogP contribution in [-0.4, -0.2) is 16.5 Å². The van der Waals surface area contributed by atoms with E-state index in [1.54, 1.807) is 6.07 Å². The summed E-state index contributed by atoms with van der Waals surface area (Å²) in [6.45, 7) is 5.11. The molecule has 1 heterocycles. The zero-order valence-corrected chi connectivity index (χ0v) is 9.17. The van der Waals surface area contributed by atoms with E-state index < -0.39 is 0 Å². The molecular formula is C10H14ClN3. The summed E-state index contributed by atoms with van der Waals surface area (Å²) in [5.41, 5.74) is 0. The van der Waals surface area contributed by atoms with E-state index in [4.69, 9.17) is 11.6 Å². The molecule has 4 heteroatoms. The number of halogens is 1. The molecule has 2 rings (SSSR count). The zero-order valence-electron chi connectivity index (χ0n) is 8.42. The normalized spacial score (nSPS) is 24.8. The van der Waals surface area contributed by atoms with Crippen LogP contribution in [0.15, 0.2) is 6.07 Å². The van der Waals surface area contributed by atoms with Crippen LogP contribution in [0.5, 0.6) is 0 Å². The lowest BCUT2D eigenvalue weighted by Crippen LogP contribution is -2.07. The minimum absolute atomic E-state index is 0.504. The minimum Gasteiger partial charge on any atom is -0.370 e. The van der Waals surface area contributed by atoms with Crippen LogP contribution >= 0.6 is 11.6 Å². The van der Waals surface area contributed by atoms with Gasteiger partial charge in [0.05, 0.1) is 0 Å². The Hall–Kier alpha value is -0.830. The summed E-state index contributed by atoms with van der Waals surface area (Å²) in [5, 5.41) is 3.79. The molecule has 0 saturated heterocycles. The largest absolute Gasteiger partial charge is 0.370 e. The van der Waals surface area contributed by atoms with Crippen molar-refractivity contribution in [2.75, 3.05) is 11.9 Å². The van der Waals surface area contributed by atoms with Gasteiger partial charge in [-0.2, -0.15) is 0 Å². The van der Waals surface area contributed by atoms with Crippen molar-refractivity contribution in [2.45, 2.75) is 20.3 Å². The van der Waals surface area contributed by atoms with Gasteiger partial charge in [-0.15, -0.1) is 0 Å². The quantitative estimate of drug-likeness (QED) is 0.781. The van der Waals surface area contributed by atoms with Gasteiger partial charge in [-0.3, -0.25) is 0 Å². The molecule has 14 heavy (non-hydrogen) atoms. The summed E-state index contributed by atoms with van der Waals surface area (Å²) in [6.07, 6.45) is 1.32. The highest BCUT2D eigenvalue weighted by molar-refractivity contribution is 6.29. The molecule has 0 radical (unpaired) electrons. The highest BCUT2D eigenvalue weighted by atomic mass is 35.5. The number of hydrogen-bond acceptors (Lipinski definition) is 3. The number of rotatable bonds is 3. The van der Waals surface area contributed by atoms with Gasteiger partial charge in [-0.05, 0) is 25.2 Å². The van der Waals surface area contributed by atoms with Gasteiger partial charge in [-0.25, -0.2) is 9.97 Å². The standard InChI is InChI=1S/C10H14ClN3/c1-6-3-8(6)5-12-10-4-9(11)13-7(2)14-10/h4,6,8H,3,5H2,1-2H3,(H,12,13,14). The van der Waals surface area contributed by atoms with E-state index >= 15 is 0 Å². The van der Waals surface area contributed by atoms with E-state index in [9.17, 15) is 0 Å². The molecule has 3 nitrogen and oxygen atoms in total.